The fourth-order valence-electron chi connectivity index (χ4n) is 2.21. The van der Waals surface area contributed by atoms with E-state index in [-0.39, 0.29) is 18.4 Å². The zero-order valence-corrected chi connectivity index (χ0v) is 13.4. The van der Waals surface area contributed by atoms with E-state index < -0.39 is 0 Å². The van der Waals surface area contributed by atoms with Crippen LogP contribution in [-0.2, 0) is 18.9 Å². The lowest BCUT2D eigenvalue weighted by Gasteiger charge is -2.07. The molecular formula is C14H20N6O2. The first-order valence-electron chi connectivity index (χ1n) is 6.88. The maximum Gasteiger partial charge on any atom is 0.269 e. The summed E-state index contributed by atoms with van der Waals surface area (Å²) in [5.74, 6) is -0.635. The molecular weight excluding hydrogens is 284 g/mol. The third kappa shape index (κ3) is 3.16. The minimum absolute atomic E-state index is 0.114. The highest BCUT2D eigenvalue weighted by Crippen LogP contribution is 2.17. The molecule has 0 saturated carbocycles. The standard InChI is InChI=1S/C14H20N6O2/c1-8-6-11(20(5)17-8)14(22)15-7-12(21)16-13-9(2)18-19(4)10(13)3/h6H,7H2,1-5H3,(H,15,22)(H,16,21). The van der Waals surface area contributed by atoms with Crippen LogP contribution in [-0.4, -0.2) is 37.9 Å². The third-order valence-electron chi connectivity index (χ3n) is 3.42. The summed E-state index contributed by atoms with van der Waals surface area (Å²) in [6.07, 6.45) is 0. The number of nitrogens with zero attached hydrogens (tertiary/aromatic N) is 4. The van der Waals surface area contributed by atoms with Gasteiger partial charge in [0, 0.05) is 14.1 Å². The normalized spacial score (nSPS) is 10.6. The number of nitrogens with one attached hydrogen (secondary N) is 2. The van der Waals surface area contributed by atoms with Crippen molar-refractivity contribution < 1.29 is 9.59 Å². The first kappa shape index (κ1) is 15.7. The number of anilines is 1. The van der Waals surface area contributed by atoms with E-state index in [9.17, 15) is 9.59 Å². The van der Waals surface area contributed by atoms with Gasteiger partial charge in [-0.05, 0) is 26.8 Å². The lowest BCUT2D eigenvalue weighted by molar-refractivity contribution is -0.115. The van der Waals surface area contributed by atoms with Crippen LogP contribution >= 0.6 is 0 Å². The zero-order valence-electron chi connectivity index (χ0n) is 13.4. The van der Waals surface area contributed by atoms with Gasteiger partial charge in [-0.25, -0.2) is 0 Å². The van der Waals surface area contributed by atoms with Crippen LogP contribution < -0.4 is 10.6 Å². The van der Waals surface area contributed by atoms with E-state index in [4.69, 9.17) is 0 Å². The van der Waals surface area contributed by atoms with E-state index in [1.807, 2.05) is 20.9 Å². The van der Waals surface area contributed by atoms with Gasteiger partial charge in [-0.2, -0.15) is 10.2 Å². The molecule has 0 bridgehead atoms. The molecule has 2 heterocycles. The Kier molecular flexibility index (Phi) is 4.30. The Morgan fingerprint density at radius 2 is 1.82 bits per heavy atom. The van der Waals surface area contributed by atoms with Crippen molar-refractivity contribution in [1.82, 2.24) is 24.9 Å². The number of hydrogen-bond donors (Lipinski definition) is 2. The van der Waals surface area contributed by atoms with Gasteiger partial charge in [0.1, 0.15) is 5.69 Å². The molecule has 0 aliphatic carbocycles. The monoisotopic (exact) mass is 304 g/mol. The van der Waals surface area contributed by atoms with Gasteiger partial charge < -0.3 is 10.6 Å². The topological polar surface area (TPSA) is 93.8 Å². The largest absolute Gasteiger partial charge is 0.342 e. The smallest absolute Gasteiger partial charge is 0.269 e. The van der Waals surface area contributed by atoms with E-state index in [2.05, 4.69) is 20.8 Å². The first-order valence-corrected chi connectivity index (χ1v) is 6.88. The Bertz CT molecular complexity index is 728. The highest BCUT2D eigenvalue weighted by Gasteiger charge is 2.15. The second kappa shape index (κ2) is 6.00. The second-order valence-corrected chi connectivity index (χ2v) is 5.19. The number of hydrogen-bond acceptors (Lipinski definition) is 4. The molecule has 0 spiro atoms. The summed E-state index contributed by atoms with van der Waals surface area (Å²) in [5.41, 5.74) is 3.44. The number of carbonyl (C=O) groups excluding carboxylic acids is 2. The molecule has 2 amide bonds. The SMILES string of the molecule is Cc1cc(C(=O)NCC(=O)Nc2c(C)nn(C)c2C)n(C)n1. The van der Waals surface area contributed by atoms with Crippen molar-refractivity contribution in [3.8, 4) is 0 Å². The zero-order chi connectivity index (χ0) is 16.4. The fourth-order valence-corrected chi connectivity index (χ4v) is 2.21. The number of carbonyl (C=O) groups is 2. The minimum atomic E-state index is -0.335. The van der Waals surface area contributed by atoms with Crippen LogP contribution in [0.25, 0.3) is 0 Å². The fraction of sp³-hybridized carbons (Fsp3) is 0.429. The van der Waals surface area contributed by atoms with Gasteiger partial charge in [0.2, 0.25) is 5.91 Å². The maximum atomic E-state index is 12.0. The highest BCUT2D eigenvalue weighted by molar-refractivity contribution is 5.99. The summed E-state index contributed by atoms with van der Waals surface area (Å²) in [7, 11) is 3.49. The van der Waals surface area contributed by atoms with Crippen LogP contribution in [0, 0.1) is 20.8 Å². The summed E-state index contributed by atoms with van der Waals surface area (Å²) in [4.78, 5) is 24.0. The molecule has 0 atom stereocenters. The molecule has 0 unspecified atom stereocenters. The molecule has 2 N–H and O–H groups in total. The van der Waals surface area contributed by atoms with E-state index in [1.54, 1.807) is 24.7 Å². The predicted molar refractivity (Wildman–Crippen MR) is 81.6 cm³/mol. The van der Waals surface area contributed by atoms with Gasteiger partial charge in [0.25, 0.3) is 5.91 Å². The molecule has 2 aromatic heterocycles. The Morgan fingerprint density at radius 1 is 1.14 bits per heavy atom. The predicted octanol–water partition coefficient (Wildman–Crippen LogP) is 0.447. The molecule has 8 nitrogen and oxygen atoms in total. The van der Waals surface area contributed by atoms with Gasteiger partial charge in [-0.15, -0.1) is 0 Å². The van der Waals surface area contributed by atoms with Crippen LogP contribution in [0.1, 0.15) is 27.6 Å². The van der Waals surface area contributed by atoms with Crippen molar-refractivity contribution in [1.29, 1.82) is 0 Å². The molecule has 0 saturated heterocycles. The average Bonchev–Trinajstić information content (AvgIpc) is 2.90. The van der Waals surface area contributed by atoms with Gasteiger partial charge >= 0.3 is 0 Å². The molecule has 0 fully saturated rings. The van der Waals surface area contributed by atoms with E-state index in [1.165, 1.54) is 4.68 Å². The quantitative estimate of drug-likeness (QED) is 0.857. The Hall–Kier alpha value is -2.64. The lowest BCUT2D eigenvalue weighted by atomic mass is 10.3. The molecule has 118 valence electrons. The van der Waals surface area contributed by atoms with Crippen LogP contribution in [0.2, 0.25) is 0 Å². The van der Waals surface area contributed by atoms with Crippen molar-refractivity contribution in [2.45, 2.75) is 20.8 Å². The van der Waals surface area contributed by atoms with Crippen LogP contribution in [0.4, 0.5) is 5.69 Å². The minimum Gasteiger partial charge on any atom is -0.342 e. The summed E-state index contributed by atoms with van der Waals surface area (Å²) >= 11 is 0. The molecule has 0 aliphatic rings. The van der Waals surface area contributed by atoms with Crippen molar-refractivity contribution in [3.05, 3.63) is 28.8 Å². The van der Waals surface area contributed by atoms with Crippen molar-refractivity contribution in [3.63, 3.8) is 0 Å². The summed E-state index contributed by atoms with van der Waals surface area (Å²) in [6.45, 7) is 5.38. The molecule has 22 heavy (non-hydrogen) atoms. The van der Waals surface area contributed by atoms with Crippen molar-refractivity contribution in [2.75, 3.05) is 11.9 Å². The molecule has 0 aliphatic heterocycles. The van der Waals surface area contributed by atoms with Gasteiger partial charge in [0.15, 0.2) is 0 Å². The van der Waals surface area contributed by atoms with Crippen LogP contribution in [0.5, 0.6) is 0 Å². The molecule has 0 aromatic carbocycles. The second-order valence-electron chi connectivity index (χ2n) is 5.19. The van der Waals surface area contributed by atoms with Crippen molar-refractivity contribution >= 4 is 17.5 Å². The highest BCUT2D eigenvalue weighted by atomic mass is 16.2. The molecule has 2 rings (SSSR count). The Morgan fingerprint density at radius 3 is 2.32 bits per heavy atom. The van der Waals surface area contributed by atoms with Crippen LogP contribution in [0.15, 0.2) is 6.07 Å². The average molecular weight is 304 g/mol. The molecule has 8 heteroatoms. The number of amides is 2. The van der Waals surface area contributed by atoms with Gasteiger partial charge in [-0.1, -0.05) is 0 Å². The molecule has 0 radical (unpaired) electrons. The third-order valence-corrected chi connectivity index (χ3v) is 3.42. The summed E-state index contributed by atoms with van der Waals surface area (Å²) in [5, 5.41) is 13.7. The number of aromatic nitrogens is 4. The number of rotatable bonds is 4. The van der Waals surface area contributed by atoms with Crippen molar-refractivity contribution in [2.24, 2.45) is 14.1 Å². The van der Waals surface area contributed by atoms with Gasteiger partial charge in [0.05, 0.1) is 29.3 Å². The molecule has 2 aromatic rings. The summed E-state index contributed by atoms with van der Waals surface area (Å²) in [6, 6.07) is 1.67. The lowest BCUT2D eigenvalue weighted by Crippen LogP contribution is -2.34. The number of aryl methyl sites for hydroxylation is 4. The first-order chi connectivity index (χ1) is 10.3. The Balaban J connectivity index is 1.96. The summed E-state index contributed by atoms with van der Waals surface area (Å²) < 4.78 is 3.18. The van der Waals surface area contributed by atoms with E-state index >= 15 is 0 Å². The van der Waals surface area contributed by atoms with Crippen LogP contribution in [0.3, 0.4) is 0 Å². The van der Waals surface area contributed by atoms with E-state index in [0.717, 1.165) is 17.1 Å². The van der Waals surface area contributed by atoms with E-state index in [0.29, 0.717) is 11.4 Å². The maximum absolute atomic E-state index is 12.0. The Labute approximate surface area is 128 Å². The van der Waals surface area contributed by atoms with Gasteiger partial charge in [-0.3, -0.25) is 19.0 Å².